The Morgan fingerprint density at radius 3 is 3.00 bits per heavy atom. The van der Waals surface area contributed by atoms with Gasteiger partial charge in [-0.05, 0) is 30.4 Å². The first-order chi connectivity index (χ1) is 8.66. The van der Waals surface area contributed by atoms with Gasteiger partial charge in [-0.3, -0.25) is 10.1 Å². The number of nitrogens with one attached hydrogen (secondary N) is 1. The molecule has 0 saturated carbocycles. The van der Waals surface area contributed by atoms with Gasteiger partial charge in [-0.2, -0.15) is 0 Å². The zero-order valence-corrected chi connectivity index (χ0v) is 10.7. The van der Waals surface area contributed by atoms with Crippen molar-refractivity contribution in [3.05, 3.63) is 50.3 Å². The van der Waals surface area contributed by atoms with Crippen molar-refractivity contribution in [2.45, 2.75) is 13.3 Å². The average Bonchev–Trinajstić information content (AvgIpc) is 2.84. The van der Waals surface area contributed by atoms with Gasteiger partial charge in [0.25, 0.3) is 5.69 Å². The maximum absolute atomic E-state index is 10.6. The minimum absolute atomic E-state index is 0.0244. The van der Waals surface area contributed by atoms with Gasteiger partial charge in [0.2, 0.25) is 0 Å². The SMILES string of the molecule is Cc1cc([N+](=O)[O-])cnc1NCCc1cccs1. The van der Waals surface area contributed by atoms with E-state index in [9.17, 15) is 10.1 Å². The minimum atomic E-state index is -0.435. The Balaban J connectivity index is 1.95. The number of anilines is 1. The van der Waals surface area contributed by atoms with E-state index in [1.54, 1.807) is 11.3 Å². The van der Waals surface area contributed by atoms with Crippen LogP contribution >= 0.6 is 11.3 Å². The van der Waals surface area contributed by atoms with E-state index in [0.29, 0.717) is 5.82 Å². The Kier molecular flexibility index (Phi) is 3.88. The van der Waals surface area contributed by atoms with Crippen LogP contribution in [0.25, 0.3) is 0 Å². The molecule has 2 heterocycles. The summed E-state index contributed by atoms with van der Waals surface area (Å²) < 4.78 is 0. The predicted octanol–water partition coefficient (Wildman–Crippen LogP) is 3.01. The van der Waals surface area contributed by atoms with E-state index in [1.165, 1.54) is 17.1 Å². The van der Waals surface area contributed by atoms with Crippen molar-refractivity contribution in [1.29, 1.82) is 0 Å². The summed E-state index contributed by atoms with van der Waals surface area (Å²) in [4.78, 5) is 15.5. The standard InChI is InChI=1S/C12H13N3O2S/c1-9-7-10(15(16)17)8-14-12(9)13-5-4-11-3-2-6-18-11/h2-3,6-8H,4-5H2,1H3,(H,13,14). The average molecular weight is 263 g/mol. The molecule has 94 valence electrons. The molecule has 0 spiro atoms. The highest BCUT2D eigenvalue weighted by molar-refractivity contribution is 7.09. The highest BCUT2D eigenvalue weighted by atomic mass is 32.1. The molecule has 0 radical (unpaired) electrons. The number of rotatable bonds is 5. The van der Waals surface area contributed by atoms with Gasteiger partial charge in [-0.15, -0.1) is 11.3 Å². The molecule has 0 fully saturated rings. The quantitative estimate of drug-likeness (QED) is 0.665. The molecule has 2 aromatic rings. The maximum Gasteiger partial charge on any atom is 0.287 e. The molecule has 0 aliphatic rings. The third kappa shape index (κ3) is 3.04. The fraction of sp³-hybridized carbons (Fsp3) is 0.250. The predicted molar refractivity (Wildman–Crippen MR) is 72.1 cm³/mol. The van der Waals surface area contributed by atoms with Crippen LogP contribution in [-0.2, 0) is 6.42 Å². The molecule has 2 aromatic heterocycles. The number of nitrogens with zero attached hydrogens (tertiary/aromatic N) is 2. The lowest BCUT2D eigenvalue weighted by molar-refractivity contribution is -0.385. The number of aromatic nitrogens is 1. The molecule has 0 saturated heterocycles. The molecular formula is C12H13N3O2S. The lowest BCUT2D eigenvalue weighted by atomic mass is 10.2. The van der Waals surface area contributed by atoms with Crippen LogP contribution in [0.15, 0.2) is 29.8 Å². The van der Waals surface area contributed by atoms with Crippen LogP contribution in [0.1, 0.15) is 10.4 Å². The Morgan fingerprint density at radius 2 is 2.39 bits per heavy atom. The molecule has 0 bridgehead atoms. The highest BCUT2D eigenvalue weighted by Gasteiger charge is 2.08. The van der Waals surface area contributed by atoms with Crippen molar-refractivity contribution >= 4 is 22.8 Å². The number of hydrogen-bond acceptors (Lipinski definition) is 5. The summed E-state index contributed by atoms with van der Waals surface area (Å²) in [5.41, 5.74) is 0.812. The normalized spacial score (nSPS) is 10.3. The topological polar surface area (TPSA) is 68.1 Å². The molecule has 5 nitrogen and oxygen atoms in total. The van der Waals surface area contributed by atoms with Crippen molar-refractivity contribution in [3.8, 4) is 0 Å². The summed E-state index contributed by atoms with van der Waals surface area (Å²) in [6.45, 7) is 2.58. The van der Waals surface area contributed by atoms with Crippen molar-refractivity contribution in [3.63, 3.8) is 0 Å². The minimum Gasteiger partial charge on any atom is -0.369 e. The third-order valence-electron chi connectivity index (χ3n) is 2.52. The summed E-state index contributed by atoms with van der Waals surface area (Å²) in [6.07, 6.45) is 2.20. The summed E-state index contributed by atoms with van der Waals surface area (Å²) in [5.74, 6) is 0.706. The highest BCUT2D eigenvalue weighted by Crippen LogP contribution is 2.18. The third-order valence-corrected chi connectivity index (χ3v) is 3.45. The van der Waals surface area contributed by atoms with Gasteiger partial charge in [-0.1, -0.05) is 6.07 Å². The van der Waals surface area contributed by atoms with Crippen LogP contribution in [0.5, 0.6) is 0 Å². The summed E-state index contributed by atoms with van der Waals surface area (Å²) in [6, 6.07) is 5.64. The Hall–Kier alpha value is -1.95. The maximum atomic E-state index is 10.6. The van der Waals surface area contributed by atoms with Crippen LogP contribution in [0, 0.1) is 17.0 Å². The summed E-state index contributed by atoms with van der Waals surface area (Å²) >= 11 is 1.72. The fourth-order valence-electron chi connectivity index (χ4n) is 1.60. The zero-order valence-electron chi connectivity index (χ0n) is 9.92. The van der Waals surface area contributed by atoms with E-state index in [-0.39, 0.29) is 5.69 Å². The lowest BCUT2D eigenvalue weighted by Crippen LogP contribution is -2.07. The largest absolute Gasteiger partial charge is 0.369 e. The van der Waals surface area contributed by atoms with Crippen LogP contribution in [0.3, 0.4) is 0 Å². The smallest absolute Gasteiger partial charge is 0.287 e. The lowest BCUT2D eigenvalue weighted by Gasteiger charge is -2.07. The van der Waals surface area contributed by atoms with Gasteiger partial charge in [0, 0.05) is 17.5 Å². The fourth-order valence-corrected chi connectivity index (χ4v) is 2.31. The summed E-state index contributed by atoms with van der Waals surface area (Å²) in [7, 11) is 0. The number of hydrogen-bond donors (Lipinski definition) is 1. The van der Waals surface area contributed by atoms with Gasteiger partial charge in [0.05, 0.1) is 4.92 Å². The summed E-state index contributed by atoms with van der Waals surface area (Å²) in [5, 5.41) is 15.8. The van der Waals surface area contributed by atoms with Crippen LogP contribution in [-0.4, -0.2) is 16.5 Å². The van der Waals surface area contributed by atoms with Crippen LogP contribution < -0.4 is 5.32 Å². The monoisotopic (exact) mass is 263 g/mol. The van der Waals surface area contributed by atoms with Gasteiger partial charge in [0.1, 0.15) is 12.0 Å². The van der Waals surface area contributed by atoms with E-state index in [4.69, 9.17) is 0 Å². The molecule has 18 heavy (non-hydrogen) atoms. The molecule has 0 aromatic carbocycles. The molecular weight excluding hydrogens is 250 g/mol. The first kappa shape index (κ1) is 12.5. The zero-order chi connectivity index (χ0) is 13.0. The second-order valence-corrected chi connectivity index (χ2v) is 4.90. The number of pyridine rings is 1. The molecule has 0 unspecified atom stereocenters. The Labute approximate surface area is 109 Å². The van der Waals surface area contributed by atoms with E-state index < -0.39 is 4.92 Å². The molecule has 0 aliphatic heterocycles. The Bertz CT molecular complexity index is 540. The number of thiophene rings is 1. The molecule has 0 aliphatic carbocycles. The molecule has 6 heteroatoms. The van der Waals surface area contributed by atoms with Crippen molar-refractivity contribution in [2.24, 2.45) is 0 Å². The van der Waals surface area contributed by atoms with E-state index in [2.05, 4.69) is 16.4 Å². The second-order valence-electron chi connectivity index (χ2n) is 3.87. The molecule has 1 N–H and O–H groups in total. The van der Waals surface area contributed by atoms with E-state index >= 15 is 0 Å². The van der Waals surface area contributed by atoms with Gasteiger partial charge >= 0.3 is 0 Å². The van der Waals surface area contributed by atoms with Gasteiger partial charge in [-0.25, -0.2) is 4.98 Å². The molecule has 2 rings (SSSR count). The first-order valence-electron chi connectivity index (χ1n) is 5.54. The van der Waals surface area contributed by atoms with Gasteiger partial charge in [0.15, 0.2) is 0 Å². The van der Waals surface area contributed by atoms with Gasteiger partial charge < -0.3 is 5.32 Å². The van der Waals surface area contributed by atoms with Crippen LogP contribution in [0.4, 0.5) is 11.5 Å². The first-order valence-corrected chi connectivity index (χ1v) is 6.42. The Morgan fingerprint density at radius 1 is 1.56 bits per heavy atom. The van der Waals surface area contributed by atoms with Crippen molar-refractivity contribution in [2.75, 3.05) is 11.9 Å². The van der Waals surface area contributed by atoms with E-state index in [0.717, 1.165) is 18.5 Å². The molecule has 0 atom stereocenters. The second kappa shape index (κ2) is 5.59. The van der Waals surface area contributed by atoms with Crippen molar-refractivity contribution in [1.82, 2.24) is 4.98 Å². The number of aryl methyl sites for hydroxylation is 1. The van der Waals surface area contributed by atoms with Crippen LogP contribution in [0.2, 0.25) is 0 Å². The molecule has 0 amide bonds. The van der Waals surface area contributed by atoms with Crippen molar-refractivity contribution < 1.29 is 4.92 Å². The number of nitro groups is 1. The van der Waals surface area contributed by atoms with E-state index in [1.807, 2.05) is 18.4 Å².